The summed E-state index contributed by atoms with van der Waals surface area (Å²) in [6, 6.07) is -0.941. The fourth-order valence-corrected chi connectivity index (χ4v) is 13.7. The number of unbranched alkanes of at least 4 members (excludes halogenated alkanes) is 48. The van der Waals surface area contributed by atoms with Crippen LogP contribution in [-0.2, 0) is 23.7 Å². The number of hydrogen-bond donors (Lipinski definition) is 9. The summed E-state index contributed by atoms with van der Waals surface area (Å²) >= 11 is 0. The first-order valence-electron chi connectivity index (χ1n) is 42.2. The van der Waals surface area contributed by atoms with Gasteiger partial charge in [0.05, 0.1) is 32.0 Å². The van der Waals surface area contributed by atoms with Crippen LogP contribution in [0.4, 0.5) is 0 Å². The molecule has 0 spiro atoms. The van der Waals surface area contributed by atoms with E-state index in [2.05, 4.69) is 79.9 Å². The molecule has 2 heterocycles. The molecule has 1 amide bonds. The average molecular weight is 1410 g/mol. The van der Waals surface area contributed by atoms with Crippen molar-refractivity contribution < 1.29 is 64.6 Å². The Morgan fingerprint density at radius 1 is 0.360 bits per heavy atom. The quantitative estimate of drug-likeness (QED) is 0.0204. The van der Waals surface area contributed by atoms with E-state index in [1.54, 1.807) is 6.08 Å². The molecule has 9 N–H and O–H groups in total. The molecule has 0 aliphatic carbocycles. The molecule has 584 valence electrons. The molecule has 0 bridgehead atoms. The van der Waals surface area contributed by atoms with E-state index < -0.39 is 86.8 Å². The summed E-state index contributed by atoms with van der Waals surface area (Å²) in [6.07, 6.45) is 80.1. The molecule has 12 atom stereocenters. The molecule has 0 aromatic heterocycles. The molecular formula is C86H157NO13. The van der Waals surface area contributed by atoms with Crippen molar-refractivity contribution in [2.75, 3.05) is 19.8 Å². The molecule has 14 nitrogen and oxygen atoms in total. The first-order chi connectivity index (χ1) is 49.1. The molecule has 0 aromatic rings. The molecule has 2 aliphatic heterocycles. The average Bonchev–Trinajstić information content (AvgIpc) is 0.791. The van der Waals surface area contributed by atoms with Crippen LogP contribution in [0.3, 0.4) is 0 Å². The van der Waals surface area contributed by atoms with E-state index >= 15 is 0 Å². The van der Waals surface area contributed by atoms with Crippen LogP contribution in [0.5, 0.6) is 0 Å². The Morgan fingerprint density at radius 2 is 0.670 bits per heavy atom. The van der Waals surface area contributed by atoms with E-state index in [4.69, 9.17) is 18.9 Å². The monoisotopic (exact) mass is 1410 g/mol. The highest BCUT2D eigenvalue weighted by Crippen LogP contribution is 2.30. The Kier molecular flexibility index (Phi) is 65.0. The summed E-state index contributed by atoms with van der Waals surface area (Å²) in [5.41, 5.74) is 0. The number of ether oxygens (including phenoxy) is 4. The standard InChI is InChI=1S/C86H157NO13/c1-3-5-7-9-11-13-15-17-19-21-23-25-27-29-30-31-32-33-34-35-36-37-38-39-40-41-42-43-44-46-48-50-52-54-56-58-60-62-64-66-68-70-78(91)87-74(73-97-85-83(96)81(94)84(77(72-89)99-85)100-86-82(95)80(93)79(92)76(71-88)98-86)75(90)69-67-65-63-61-59-57-55-53-51-49-47-45-28-26-24-22-20-18-16-14-12-10-8-6-4-2/h15,17,21,23,27,29,51,53,59,61,67,69,74-77,79-86,88-90,92-96H,3-14,16,18-20,22,24-26,28,30-50,52,54-58,60,62-66,68,70-73H2,1-2H3,(H,87,91)/b17-15-,23-21-,29-27-,53-51+,61-59+,69-67+. The zero-order valence-electron chi connectivity index (χ0n) is 64.2. The number of aliphatic hydroxyl groups is 8. The Bertz CT molecular complexity index is 1960. The minimum absolute atomic E-state index is 0.247. The normalized spacial score (nSPS) is 22.2. The van der Waals surface area contributed by atoms with Crippen LogP contribution in [0.1, 0.15) is 373 Å². The van der Waals surface area contributed by atoms with Crippen LogP contribution in [0, 0.1) is 0 Å². The Morgan fingerprint density at radius 3 is 1.05 bits per heavy atom. The first-order valence-corrected chi connectivity index (χ1v) is 42.2. The maximum Gasteiger partial charge on any atom is 0.220 e. The molecule has 100 heavy (non-hydrogen) atoms. The zero-order valence-corrected chi connectivity index (χ0v) is 64.2. The van der Waals surface area contributed by atoms with E-state index in [9.17, 15) is 45.6 Å². The fraction of sp³-hybridized carbons (Fsp3) is 0.849. The second-order valence-corrected chi connectivity index (χ2v) is 29.6. The van der Waals surface area contributed by atoms with Gasteiger partial charge in [0.25, 0.3) is 0 Å². The smallest absolute Gasteiger partial charge is 0.220 e. The van der Waals surface area contributed by atoms with E-state index in [0.717, 1.165) is 57.8 Å². The third kappa shape index (κ3) is 51.6. The highest BCUT2D eigenvalue weighted by atomic mass is 16.7. The van der Waals surface area contributed by atoms with Crippen molar-refractivity contribution in [1.82, 2.24) is 5.32 Å². The summed E-state index contributed by atoms with van der Waals surface area (Å²) in [7, 11) is 0. The van der Waals surface area contributed by atoms with Crippen molar-refractivity contribution in [3.05, 3.63) is 72.9 Å². The molecule has 2 aliphatic rings. The van der Waals surface area contributed by atoms with Crippen molar-refractivity contribution in [3.63, 3.8) is 0 Å². The van der Waals surface area contributed by atoms with Crippen molar-refractivity contribution in [2.45, 2.75) is 447 Å². The lowest BCUT2D eigenvalue weighted by atomic mass is 9.97. The second kappa shape index (κ2) is 69.5. The van der Waals surface area contributed by atoms with Gasteiger partial charge in [-0.25, -0.2) is 0 Å². The number of rotatable bonds is 71. The number of carbonyl (C=O) groups excluding carboxylic acids is 1. The molecule has 2 fully saturated rings. The Hall–Kier alpha value is -2.57. The topological polar surface area (TPSA) is 228 Å². The van der Waals surface area contributed by atoms with Gasteiger partial charge >= 0.3 is 0 Å². The summed E-state index contributed by atoms with van der Waals surface area (Å²) in [5, 5.41) is 87.7. The predicted octanol–water partition coefficient (Wildman–Crippen LogP) is 19.7. The van der Waals surface area contributed by atoms with Gasteiger partial charge in [0.2, 0.25) is 5.91 Å². The van der Waals surface area contributed by atoms with Gasteiger partial charge in [0.1, 0.15) is 48.8 Å². The molecule has 12 unspecified atom stereocenters. The summed E-state index contributed by atoms with van der Waals surface area (Å²) in [6.45, 7) is 2.81. The van der Waals surface area contributed by atoms with Crippen molar-refractivity contribution in [1.29, 1.82) is 0 Å². The fourth-order valence-electron chi connectivity index (χ4n) is 13.7. The van der Waals surface area contributed by atoms with E-state index in [1.165, 1.54) is 283 Å². The van der Waals surface area contributed by atoms with Gasteiger partial charge < -0.3 is 65.1 Å². The van der Waals surface area contributed by atoms with Crippen LogP contribution < -0.4 is 5.32 Å². The lowest BCUT2D eigenvalue weighted by Gasteiger charge is -2.46. The summed E-state index contributed by atoms with van der Waals surface area (Å²) in [5.74, 6) is -0.247. The lowest BCUT2D eigenvalue weighted by molar-refractivity contribution is -0.359. The van der Waals surface area contributed by atoms with Crippen molar-refractivity contribution in [2.24, 2.45) is 0 Å². The molecular weight excluding hydrogens is 1250 g/mol. The molecule has 2 saturated heterocycles. The number of nitrogens with one attached hydrogen (secondary N) is 1. The number of carbonyl (C=O) groups is 1. The minimum Gasteiger partial charge on any atom is -0.394 e. The minimum atomic E-state index is -1.80. The predicted molar refractivity (Wildman–Crippen MR) is 415 cm³/mol. The van der Waals surface area contributed by atoms with Gasteiger partial charge in [-0.2, -0.15) is 0 Å². The summed E-state index contributed by atoms with van der Waals surface area (Å²) in [4.78, 5) is 13.4. The number of aliphatic hydroxyl groups excluding tert-OH is 8. The highest BCUT2D eigenvalue weighted by molar-refractivity contribution is 5.76. The maximum absolute atomic E-state index is 13.4. The molecule has 2 rings (SSSR count). The van der Waals surface area contributed by atoms with Crippen LogP contribution in [0.2, 0.25) is 0 Å². The van der Waals surface area contributed by atoms with Gasteiger partial charge in [-0.15, -0.1) is 0 Å². The number of amides is 1. The summed E-state index contributed by atoms with van der Waals surface area (Å²) < 4.78 is 22.9. The lowest BCUT2D eigenvalue weighted by Crippen LogP contribution is -2.65. The number of allylic oxidation sites excluding steroid dienone is 11. The van der Waals surface area contributed by atoms with Crippen LogP contribution in [0.25, 0.3) is 0 Å². The van der Waals surface area contributed by atoms with Gasteiger partial charge in [-0.3, -0.25) is 4.79 Å². The van der Waals surface area contributed by atoms with Crippen molar-refractivity contribution in [3.8, 4) is 0 Å². The molecule has 0 radical (unpaired) electrons. The van der Waals surface area contributed by atoms with Crippen molar-refractivity contribution >= 4 is 5.91 Å². The molecule has 14 heteroatoms. The third-order valence-corrected chi connectivity index (χ3v) is 20.3. The first kappa shape index (κ1) is 93.5. The number of hydrogen-bond acceptors (Lipinski definition) is 13. The zero-order chi connectivity index (χ0) is 72.2. The van der Waals surface area contributed by atoms with E-state index in [-0.39, 0.29) is 18.9 Å². The largest absolute Gasteiger partial charge is 0.394 e. The van der Waals surface area contributed by atoms with Crippen LogP contribution in [0.15, 0.2) is 72.9 Å². The maximum atomic E-state index is 13.4. The van der Waals surface area contributed by atoms with Gasteiger partial charge in [-0.1, -0.05) is 356 Å². The van der Waals surface area contributed by atoms with Gasteiger partial charge in [-0.05, 0) is 83.5 Å². The van der Waals surface area contributed by atoms with Gasteiger partial charge in [0.15, 0.2) is 12.6 Å². The third-order valence-electron chi connectivity index (χ3n) is 20.3. The molecule has 0 aromatic carbocycles. The SMILES string of the molecule is CCCCCCC/C=C\C/C=C\C/C=C\CCCCCCCCCCCCCCCCCCCCCCCCCCCCC(=O)NC(COC1OC(CO)C(OC2OC(CO)C(O)C(O)C2O)C(O)C1O)C(O)/C=C/CC/C=C/CC/C=C/CCCCCCCCCCCCCCCCC. The van der Waals surface area contributed by atoms with Crippen LogP contribution in [-0.4, -0.2) is 140 Å². The highest BCUT2D eigenvalue weighted by Gasteiger charge is 2.51. The second-order valence-electron chi connectivity index (χ2n) is 29.6. The van der Waals surface area contributed by atoms with Crippen LogP contribution >= 0.6 is 0 Å². The van der Waals surface area contributed by atoms with E-state index in [1.807, 2.05) is 6.08 Å². The Labute approximate surface area is 612 Å². The molecule has 0 saturated carbocycles. The Balaban J connectivity index is 1.58. The van der Waals surface area contributed by atoms with E-state index in [0.29, 0.717) is 12.8 Å². The van der Waals surface area contributed by atoms with Gasteiger partial charge in [0, 0.05) is 6.42 Å².